The van der Waals surface area contributed by atoms with Gasteiger partial charge in [-0.2, -0.15) is 5.26 Å². The first kappa shape index (κ1) is 19.8. The van der Waals surface area contributed by atoms with E-state index < -0.39 is 0 Å². The third-order valence-electron chi connectivity index (χ3n) is 4.71. The van der Waals surface area contributed by atoms with Crippen LogP contribution in [0, 0.1) is 25.2 Å². The largest absolute Gasteiger partial charge is 0.439 e. The SMILES string of the molecule is Cc1ncn(-c2cc(Oc3ccc(NC(=O)c4cccc(C#N)c4)cc3)ncn2)c1C. The van der Waals surface area contributed by atoms with Crippen LogP contribution in [0.3, 0.4) is 0 Å². The van der Waals surface area contributed by atoms with Crippen molar-refractivity contribution in [3.05, 3.63) is 89.8 Å². The van der Waals surface area contributed by atoms with Crippen molar-refractivity contribution in [2.75, 3.05) is 5.32 Å². The van der Waals surface area contributed by atoms with E-state index in [-0.39, 0.29) is 5.91 Å². The number of amides is 1. The van der Waals surface area contributed by atoms with Gasteiger partial charge in [0.2, 0.25) is 5.88 Å². The third kappa shape index (κ3) is 4.41. The lowest BCUT2D eigenvalue weighted by atomic mass is 10.1. The summed E-state index contributed by atoms with van der Waals surface area (Å²) in [6, 6.07) is 17.2. The molecular weight excluding hydrogens is 392 g/mol. The van der Waals surface area contributed by atoms with Crippen molar-refractivity contribution < 1.29 is 9.53 Å². The summed E-state index contributed by atoms with van der Waals surface area (Å²) in [5.74, 6) is 1.32. The van der Waals surface area contributed by atoms with Crippen LogP contribution in [0.1, 0.15) is 27.3 Å². The van der Waals surface area contributed by atoms with E-state index in [4.69, 9.17) is 10.00 Å². The summed E-state index contributed by atoms with van der Waals surface area (Å²) in [5, 5.41) is 11.8. The second kappa shape index (κ2) is 8.47. The standard InChI is InChI=1S/C23H18N6O2/c1-15-16(2)29(14-27-15)21-11-22(26-13-25-21)31-20-8-6-19(7-9-20)28-23(30)18-5-3-4-17(10-18)12-24/h3-11,13-14H,1-2H3,(H,28,30). The molecule has 8 nitrogen and oxygen atoms in total. The van der Waals surface area contributed by atoms with Gasteiger partial charge in [0.1, 0.15) is 24.2 Å². The van der Waals surface area contributed by atoms with Crippen LogP contribution in [0.15, 0.2) is 67.3 Å². The Morgan fingerprint density at radius 3 is 2.58 bits per heavy atom. The lowest BCUT2D eigenvalue weighted by molar-refractivity contribution is 0.102. The zero-order chi connectivity index (χ0) is 21.8. The Bertz CT molecular complexity index is 1290. The average Bonchev–Trinajstić information content (AvgIpc) is 3.13. The molecule has 0 atom stereocenters. The van der Waals surface area contributed by atoms with Crippen LogP contribution in [0.5, 0.6) is 11.6 Å². The fourth-order valence-corrected chi connectivity index (χ4v) is 2.91. The normalized spacial score (nSPS) is 10.4. The van der Waals surface area contributed by atoms with Crippen LogP contribution < -0.4 is 10.1 Å². The van der Waals surface area contributed by atoms with Crippen molar-refractivity contribution in [3.63, 3.8) is 0 Å². The Morgan fingerprint density at radius 2 is 1.87 bits per heavy atom. The molecule has 1 N–H and O–H groups in total. The molecule has 0 fully saturated rings. The fraction of sp³-hybridized carbons (Fsp3) is 0.0870. The molecule has 0 unspecified atom stereocenters. The van der Waals surface area contributed by atoms with E-state index in [0.29, 0.717) is 34.3 Å². The Hall–Kier alpha value is -4.51. The maximum absolute atomic E-state index is 12.4. The second-order valence-corrected chi connectivity index (χ2v) is 6.77. The van der Waals surface area contributed by atoms with Crippen LogP contribution in [-0.2, 0) is 0 Å². The van der Waals surface area contributed by atoms with Crippen LogP contribution in [0.4, 0.5) is 5.69 Å². The molecule has 0 aliphatic rings. The van der Waals surface area contributed by atoms with E-state index in [1.165, 1.54) is 6.33 Å². The number of nitriles is 1. The molecule has 152 valence electrons. The number of carbonyl (C=O) groups excluding carboxylic acids is 1. The Kier molecular flexibility index (Phi) is 5.41. The summed E-state index contributed by atoms with van der Waals surface area (Å²) >= 11 is 0. The summed E-state index contributed by atoms with van der Waals surface area (Å²) in [7, 11) is 0. The van der Waals surface area contributed by atoms with Crippen molar-refractivity contribution >= 4 is 11.6 Å². The van der Waals surface area contributed by atoms with Gasteiger partial charge in [0.25, 0.3) is 5.91 Å². The topological polar surface area (TPSA) is 106 Å². The number of nitrogens with zero attached hydrogens (tertiary/aromatic N) is 5. The Balaban J connectivity index is 1.45. The predicted octanol–water partition coefficient (Wildman–Crippen LogP) is 4.20. The molecule has 8 heteroatoms. The first-order valence-electron chi connectivity index (χ1n) is 9.46. The first-order valence-corrected chi connectivity index (χ1v) is 9.46. The number of aryl methyl sites for hydroxylation is 1. The fourth-order valence-electron chi connectivity index (χ4n) is 2.91. The highest BCUT2D eigenvalue weighted by Gasteiger charge is 2.09. The number of anilines is 1. The molecule has 2 aromatic heterocycles. The molecule has 0 saturated carbocycles. The summed E-state index contributed by atoms with van der Waals surface area (Å²) in [4.78, 5) is 25.1. The summed E-state index contributed by atoms with van der Waals surface area (Å²) in [6.45, 7) is 3.90. The van der Waals surface area contributed by atoms with Gasteiger partial charge in [-0.1, -0.05) is 6.07 Å². The molecule has 2 heterocycles. The number of benzene rings is 2. The summed E-state index contributed by atoms with van der Waals surface area (Å²) in [6.07, 6.45) is 3.14. The van der Waals surface area contributed by atoms with Crippen LogP contribution in [0.2, 0.25) is 0 Å². The number of carbonyl (C=O) groups is 1. The zero-order valence-corrected chi connectivity index (χ0v) is 16.9. The monoisotopic (exact) mass is 410 g/mol. The van der Waals surface area contributed by atoms with E-state index in [0.717, 1.165) is 11.4 Å². The molecule has 31 heavy (non-hydrogen) atoms. The highest BCUT2D eigenvalue weighted by atomic mass is 16.5. The maximum atomic E-state index is 12.4. The lowest BCUT2D eigenvalue weighted by Gasteiger charge is -2.09. The van der Waals surface area contributed by atoms with E-state index in [2.05, 4.69) is 20.3 Å². The number of hydrogen-bond donors (Lipinski definition) is 1. The minimum Gasteiger partial charge on any atom is -0.439 e. The van der Waals surface area contributed by atoms with Crippen molar-refractivity contribution in [2.24, 2.45) is 0 Å². The number of hydrogen-bond acceptors (Lipinski definition) is 6. The molecule has 0 bridgehead atoms. The van der Waals surface area contributed by atoms with Gasteiger partial charge in [-0.15, -0.1) is 0 Å². The van der Waals surface area contributed by atoms with Crippen molar-refractivity contribution in [1.29, 1.82) is 5.26 Å². The van der Waals surface area contributed by atoms with Crippen molar-refractivity contribution in [3.8, 4) is 23.5 Å². The van der Waals surface area contributed by atoms with Gasteiger partial charge in [0.15, 0.2) is 0 Å². The van der Waals surface area contributed by atoms with Gasteiger partial charge in [-0.25, -0.2) is 15.0 Å². The van der Waals surface area contributed by atoms with Crippen molar-refractivity contribution in [1.82, 2.24) is 19.5 Å². The first-order chi connectivity index (χ1) is 15.0. The van der Waals surface area contributed by atoms with Crippen LogP contribution in [0.25, 0.3) is 5.82 Å². The Morgan fingerprint density at radius 1 is 1.06 bits per heavy atom. The number of ether oxygens (including phenoxy) is 1. The van der Waals surface area contributed by atoms with Gasteiger partial charge in [0.05, 0.1) is 17.3 Å². The van der Waals surface area contributed by atoms with Gasteiger partial charge in [-0.3, -0.25) is 9.36 Å². The molecule has 0 radical (unpaired) electrons. The molecule has 0 aliphatic carbocycles. The molecule has 0 saturated heterocycles. The quantitative estimate of drug-likeness (QED) is 0.529. The lowest BCUT2D eigenvalue weighted by Crippen LogP contribution is -2.11. The molecule has 4 aromatic rings. The smallest absolute Gasteiger partial charge is 0.255 e. The molecule has 0 spiro atoms. The zero-order valence-electron chi connectivity index (χ0n) is 16.9. The number of nitrogens with one attached hydrogen (secondary N) is 1. The summed E-state index contributed by atoms with van der Waals surface area (Å²) < 4.78 is 7.69. The van der Waals surface area contributed by atoms with E-state index in [9.17, 15) is 4.79 Å². The van der Waals surface area contributed by atoms with E-state index >= 15 is 0 Å². The maximum Gasteiger partial charge on any atom is 0.255 e. The van der Waals surface area contributed by atoms with Crippen LogP contribution in [-0.4, -0.2) is 25.4 Å². The molecule has 4 rings (SSSR count). The van der Waals surface area contributed by atoms with Gasteiger partial charge < -0.3 is 10.1 Å². The minimum atomic E-state index is -0.294. The third-order valence-corrected chi connectivity index (χ3v) is 4.71. The van der Waals surface area contributed by atoms with Gasteiger partial charge in [-0.05, 0) is 56.3 Å². The van der Waals surface area contributed by atoms with Gasteiger partial charge in [0, 0.05) is 23.0 Å². The number of rotatable bonds is 5. The Labute approximate surface area is 178 Å². The molecule has 2 aromatic carbocycles. The highest BCUT2D eigenvalue weighted by Crippen LogP contribution is 2.23. The minimum absolute atomic E-state index is 0.294. The molecule has 0 aliphatic heterocycles. The number of aromatic nitrogens is 4. The molecular formula is C23H18N6O2. The second-order valence-electron chi connectivity index (χ2n) is 6.77. The van der Waals surface area contributed by atoms with Gasteiger partial charge >= 0.3 is 0 Å². The summed E-state index contributed by atoms with van der Waals surface area (Å²) in [5.41, 5.74) is 3.37. The van der Waals surface area contributed by atoms with E-state index in [1.807, 2.05) is 24.5 Å². The van der Waals surface area contributed by atoms with Crippen molar-refractivity contribution in [2.45, 2.75) is 13.8 Å². The highest BCUT2D eigenvalue weighted by molar-refractivity contribution is 6.04. The van der Waals surface area contributed by atoms with Crippen LogP contribution >= 0.6 is 0 Å². The number of imidazole rings is 1. The van der Waals surface area contributed by atoms with E-state index in [1.54, 1.807) is 60.9 Å². The molecule has 1 amide bonds. The average molecular weight is 410 g/mol. The predicted molar refractivity (Wildman–Crippen MR) is 114 cm³/mol.